The molecule has 0 aliphatic rings. The van der Waals surface area contributed by atoms with Gasteiger partial charge in [-0.25, -0.2) is 0 Å². The van der Waals surface area contributed by atoms with Crippen molar-refractivity contribution in [3.05, 3.63) is 34.3 Å². The molecule has 1 aromatic carbocycles. The van der Waals surface area contributed by atoms with Crippen LogP contribution in [0, 0.1) is 0 Å². The maximum Gasteiger partial charge on any atom is 0.0177 e. The molecule has 0 saturated carbocycles. The molecule has 0 atom stereocenters. The van der Waals surface area contributed by atoms with Crippen LogP contribution in [-0.4, -0.2) is 5.75 Å². The fraction of sp³-hybridized carbons (Fsp3) is 0.333. The number of hydrogen-bond acceptors (Lipinski definition) is 1. The van der Waals surface area contributed by atoms with Gasteiger partial charge in [-0.1, -0.05) is 28.1 Å². The fourth-order valence-electron chi connectivity index (χ4n) is 0.976. The van der Waals surface area contributed by atoms with E-state index in [1.54, 1.807) is 0 Å². The molecular formula is C9H11BrS. The molecule has 0 nitrogen and oxygen atoms in total. The Morgan fingerprint density at radius 1 is 1.36 bits per heavy atom. The van der Waals surface area contributed by atoms with Gasteiger partial charge in [0.05, 0.1) is 0 Å². The molecule has 0 fully saturated rings. The zero-order valence-corrected chi connectivity index (χ0v) is 8.74. The monoisotopic (exact) mass is 230 g/mol. The van der Waals surface area contributed by atoms with Crippen molar-refractivity contribution in [1.29, 1.82) is 0 Å². The Morgan fingerprint density at radius 3 is 2.82 bits per heavy atom. The lowest BCUT2D eigenvalue weighted by atomic mass is 10.1. The topological polar surface area (TPSA) is 0 Å². The Hall–Kier alpha value is 0.0500. The first kappa shape index (κ1) is 9.14. The summed E-state index contributed by atoms with van der Waals surface area (Å²) in [6, 6.07) is 8.42. The van der Waals surface area contributed by atoms with Gasteiger partial charge in [0, 0.05) is 4.47 Å². The van der Waals surface area contributed by atoms with E-state index in [2.05, 4.69) is 46.8 Å². The maximum atomic E-state index is 4.17. The molecule has 60 valence electrons. The van der Waals surface area contributed by atoms with Crippen LogP contribution in [0.1, 0.15) is 12.0 Å². The molecule has 0 saturated heterocycles. The van der Waals surface area contributed by atoms with E-state index in [9.17, 15) is 0 Å². The van der Waals surface area contributed by atoms with Crippen molar-refractivity contribution in [3.63, 3.8) is 0 Å². The van der Waals surface area contributed by atoms with Gasteiger partial charge in [-0.15, -0.1) is 0 Å². The highest BCUT2D eigenvalue weighted by Gasteiger charge is 1.91. The lowest BCUT2D eigenvalue weighted by molar-refractivity contribution is 0.935. The highest BCUT2D eigenvalue weighted by atomic mass is 79.9. The Bertz CT molecular complexity index is 223. The molecule has 0 spiro atoms. The van der Waals surface area contributed by atoms with Crippen molar-refractivity contribution in [1.82, 2.24) is 0 Å². The van der Waals surface area contributed by atoms with Gasteiger partial charge in [-0.3, -0.25) is 0 Å². The minimum absolute atomic E-state index is 0.965. The molecule has 0 unspecified atom stereocenters. The molecular weight excluding hydrogens is 220 g/mol. The van der Waals surface area contributed by atoms with Crippen LogP contribution in [0.15, 0.2) is 28.7 Å². The minimum atomic E-state index is 0.965. The Labute approximate surface area is 81.5 Å². The van der Waals surface area contributed by atoms with Gasteiger partial charge < -0.3 is 0 Å². The molecule has 0 amide bonds. The zero-order valence-electron chi connectivity index (χ0n) is 6.26. The lowest BCUT2D eigenvalue weighted by Crippen LogP contribution is -1.85. The van der Waals surface area contributed by atoms with Crippen LogP contribution in [0.4, 0.5) is 0 Å². The first-order valence-corrected chi connectivity index (χ1v) is 5.11. The van der Waals surface area contributed by atoms with Crippen molar-refractivity contribution >= 4 is 28.6 Å². The van der Waals surface area contributed by atoms with Crippen molar-refractivity contribution in [2.75, 3.05) is 5.75 Å². The summed E-state index contributed by atoms with van der Waals surface area (Å²) in [4.78, 5) is 0. The van der Waals surface area contributed by atoms with Crippen LogP contribution >= 0.6 is 28.6 Å². The van der Waals surface area contributed by atoms with Crippen LogP contribution < -0.4 is 0 Å². The standard InChI is InChI=1S/C9H11BrS/c10-9-5-1-3-8(7-9)4-2-6-11/h1,3,5,7,11H,2,4,6H2. The Morgan fingerprint density at radius 2 is 2.18 bits per heavy atom. The molecule has 0 N–H and O–H groups in total. The lowest BCUT2D eigenvalue weighted by Gasteiger charge is -1.98. The van der Waals surface area contributed by atoms with E-state index in [-0.39, 0.29) is 0 Å². The molecule has 0 aliphatic carbocycles. The highest BCUT2D eigenvalue weighted by molar-refractivity contribution is 9.10. The van der Waals surface area contributed by atoms with Crippen LogP contribution in [0.2, 0.25) is 0 Å². The normalized spacial score (nSPS) is 10.0. The van der Waals surface area contributed by atoms with Gasteiger partial charge in [-0.05, 0) is 36.3 Å². The van der Waals surface area contributed by atoms with E-state index in [4.69, 9.17) is 0 Å². The molecule has 1 rings (SSSR count). The number of benzene rings is 1. The Balaban J connectivity index is 2.56. The summed E-state index contributed by atoms with van der Waals surface area (Å²) in [5.41, 5.74) is 1.38. The Kier molecular flexibility index (Phi) is 4.02. The van der Waals surface area contributed by atoms with E-state index < -0.39 is 0 Å². The molecule has 2 heteroatoms. The van der Waals surface area contributed by atoms with Crippen LogP contribution in [0.25, 0.3) is 0 Å². The average Bonchev–Trinajstić information content (AvgIpc) is 2.01. The van der Waals surface area contributed by atoms with Crippen molar-refractivity contribution in [3.8, 4) is 0 Å². The van der Waals surface area contributed by atoms with Gasteiger partial charge in [0.25, 0.3) is 0 Å². The third-order valence-corrected chi connectivity index (χ3v) is 2.32. The number of aryl methyl sites for hydroxylation is 1. The number of rotatable bonds is 3. The van der Waals surface area contributed by atoms with E-state index in [0.29, 0.717) is 0 Å². The first-order chi connectivity index (χ1) is 5.33. The quantitative estimate of drug-likeness (QED) is 0.758. The summed E-state index contributed by atoms with van der Waals surface area (Å²) in [5.74, 6) is 0.965. The highest BCUT2D eigenvalue weighted by Crippen LogP contribution is 2.12. The summed E-state index contributed by atoms with van der Waals surface area (Å²) in [6.07, 6.45) is 2.28. The number of halogens is 1. The summed E-state index contributed by atoms with van der Waals surface area (Å²) < 4.78 is 1.16. The van der Waals surface area contributed by atoms with Crippen LogP contribution in [0.3, 0.4) is 0 Å². The number of thiol groups is 1. The van der Waals surface area contributed by atoms with Crippen molar-refractivity contribution < 1.29 is 0 Å². The largest absolute Gasteiger partial charge is 0.179 e. The average molecular weight is 231 g/mol. The minimum Gasteiger partial charge on any atom is -0.179 e. The van der Waals surface area contributed by atoms with Gasteiger partial charge >= 0.3 is 0 Å². The van der Waals surface area contributed by atoms with Crippen LogP contribution in [0.5, 0.6) is 0 Å². The summed E-state index contributed by atoms with van der Waals surface area (Å²) in [7, 11) is 0. The predicted octanol–water partition coefficient (Wildman–Crippen LogP) is 3.31. The summed E-state index contributed by atoms with van der Waals surface area (Å²) >= 11 is 7.60. The molecule has 0 radical (unpaired) electrons. The van der Waals surface area contributed by atoms with Gasteiger partial charge in [0.15, 0.2) is 0 Å². The van der Waals surface area contributed by atoms with Crippen molar-refractivity contribution in [2.24, 2.45) is 0 Å². The number of hydrogen-bond donors (Lipinski definition) is 1. The second-order valence-electron chi connectivity index (χ2n) is 2.46. The molecule has 0 bridgehead atoms. The van der Waals surface area contributed by atoms with Crippen LogP contribution in [-0.2, 0) is 6.42 Å². The second-order valence-corrected chi connectivity index (χ2v) is 3.82. The molecule has 0 aliphatic heterocycles. The van der Waals surface area contributed by atoms with Crippen molar-refractivity contribution in [2.45, 2.75) is 12.8 Å². The van der Waals surface area contributed by atoms with E-state index in [1.165, 1.54) is 5.56 Å². The molecule has 0 aromatic heterocycles. The third-order valence-electron chi connectivity index (χ3n) is 1.51. The molecule has 11 heavy (non-hydrogen) atoms. The summed E-state index contributed by atoms with van der Waals surface area (Å²) in [6.45, 7) is 0. The van der Waals surface area contributed by atoms with E-state index in [0.717, 1.165) is 23.1 Å². The second kappa shape index (κ2) is 4.83. The third kappa shape index (κ3) is 3.30. The zero-order chi connectivity index (χ0) is 8.10. The molecule has 0 heterocycles. The van der Waals surface area contributed by atoms with Gasteiger partial charge in [-0.2, -0.15) is 12.6 Å². The predicted molar refractivity (Wildman–Crippen MR) is 56.3 cm³/mol. The summed E-state index contributed by atoms with van der Waals surface area (Å²) in [5, 5.41) is 0. The van der Waals surface area contributed by atoms with Gasteiger partial charge in [0.1, 0.15) is 0 Å². The van der Waals surface area contributed by atoms with Gasteiger partial charge in [0.2, 0.25) is 0 Å². The van der Waals surface area contributed by atoms with E-state index >= 15 is 0 Å². The maximum absolute atomic E-state index is 4.17. The molecule has 1 aromatic rings. The SMILES string of the molecule is SCCCc1cccc(Br)c1. The first-order valence-electron chi connectivity index (χ1n) is 3.68. The fourth-order valence-corrected chi connectivity index (χ4v) is 1.58. The van der Waals surface area contributed by atoms with E-state index in [1.807, 2.05) is 6.07 Å². The smallest absolute Gasteiger partial charge is 0.0177 e.